The van der Waals surface area contributed by atoms with E-state index in [1.54, 1.807) is 0 Å². The number of nitrogens with two attached hydrogens (primary N) is 1. The third-order valence-electron chi connectivity index (χ3n) is 5.08. The fourth-order valence-electron chi connectivity index (χ4n) is 3.24. The third kappa shape index (κ3) is 2.72. The predicted molar refractivity (Wildman–Crippen MR) is 83.4 cm³/mol. The van der Waals surface area contributed by atoms with Crippen LogP contribution in [-0.2, 0) is 5.41 Å². The molecule has 1 aromatic carbocycles. The van der Waals surface area contributed by atoms with E-state index < -0.39 is 0 Å². The van der Waals surface area contributed by atoms with E-state index in [0.717, 1.165) is 12.5 Å². The molecule has 0 bridgehead atoms. The molecule has 0 atom stereocenters. The molecule has 2 rings (SSSR count). The molecule has 1 heteroatoms. The molecule has 1 saturated carbocycles. The Bertz CT molecular complexity index is 416. The van der Waals surface area contributed by atoms with Crippen LogP contribution in [0.25, 0.3) is 0 Å². The largest absolute Gasteiger partial charge is 0.330 e. The van der Waals surface area contributed by atoms with Crippen LogP contribution in [0.1, 0.15) is 64.5 Å². The average molecular weight is 259 g/mol. The summed E-state index contributed by atoms with van der Waals surface area (Å²) < 4.78 is 0. The Labute approximate surface area is 118 Å². The van der Waals surface area contributed by atoms with Crippen LogP contribution in [0.3, 0.4) is 0 Å². The molecule has 2 N–H and O–H groups in total. The van der Waals surface area contributed by atoms with Gasteiger partial charge in [-0.15, -0.1) is 0 Å². The zero-order valence-electron chi connectivity index (χ0n) is 13.2. The van der Waals surface area contributed by atoms with Crippen molar-refractivity contribution < 1.29 is 0 Å². The van der Waals surface area contributed by atoms with Gasteiger partial charge in [-0.05, 0) is 41.2 Å². The highest BCUT2D eigenvalue weighted by Crippen LogP contribution is 2.53. The molecule has 106 valence electrons. The zero-order valence-corrected chi connectivity index (χ0v) is 13.2. The minimum Gasteiger partial charge on any atom is -0.330 e. The van der Waals surface area contributed by atoms with Crippen LogP contribution < -0.4 is 5.73 Å². The lowest BCUT2D eigenvalue weighted by atomic mass is 9.52. The molecular formula is C18H29N. The molecule has 0 unspecified atom stereocenters. The molecule has 0 spiro atoms. The predicted octanol–water partition coefficient (Wildman–Crippen LogP) is 4.46. The van der Waals surface area contributed by atoms with Crippen molar-refractivity contribution in [3.05, 3.63) is 35.4 Å². The normalized spacial score (nSPS) is 27.4. The fraction of sp³-hybridized carbons (Fsp3) is 0.667. The SMILES string of the molecule is CC(C)c1ccc(C2(CN)CC(C(C)(C)C)C2)cc1. The van der Waals surface area contributed by atoms with Gasteiger partial charge in [0.05, 0.1) is 0 Å². The number of benzene rings is 1. The number of hydrogen-bond donors (Lipinski definition) is 1. The maximum absolute atomic E-state index is 6.10. The van der Waals surface area contributed by atoms with E-state index in [1.165, 1.54) is 24.0 Å². The van der Waals surface area contributed by atoms with Gasteiger partial charge in [-0.1, -0.05) is 58.9 Å². The van der Waals surface area contributed by atoms with Gasteiger partial charge in [0.2, 0.25) is 0 Å². The van der Waals surface area contributed by atoms with Crippen LogP contribution >= 0.6 is 0 Å². The Morgan fingerprint density at radius 1 is 1.16 bits per heavy atom. The van der Waals surface area contributed by atoms with E-state index in [9.17, 15) is 0 Å². The second-order valence-electron chi connectivity index (χ2n) is 7.73. The Morgan fingerprint density at radius 2 is 1.68 bits per heavy atom. The molecule has 0 amide bonds. The van der Waals surface area contributed by atoms with Crippen molar-refractivity contribution in [1.82, 2.24) is 0 Å². The van der Waals surface area contributed by atoms with Crippen LogP contribution in [0, 0.1) is 11.3 Å². The lowest BCUT2D eigenvalue weighted by Crippen LogP contribution is -2.50. The average Bonchev–Trinajstić information content (AvgIpc) is 2.27. The first-order chi connectivity index (χ1) is 8.78. The first-order valence-corrected chi connectivity index (χ1v) is 7.59. The lowest BCUT2D eigenvalue weighted by molar-refractivity contribution is 0.0504. The highest BCUT2D eigenvalue weighted by Gasteiger charge is 2.48. The summed E-state index contributed by atoms with van der Waals surface area (Å²) >= 11 is 0. The van der Waals surface area contributed by atoms with E-state index in [0.29, 0.717) is 11.3 Å². The van der Waals surface area contributed by atoms with Gasteiger partial charge in [0.25, 0.3) is 0 Å². The first-order valence-electron chi connectivity index (χ1n) is 7.59. The van der Waals surface area contributed by atoms with Crippen molar-refractivity contribution in [1.29, 1.82) is 0 Å². The Balaban J connectivity index is 2.16. The van der Waals surface area contributed by atoms with E-state index >= 15 is 0 Å². The number of hydrogen-bond acceptors (Lipinski definition) is 1. The summed E-state index contributed by atoms with van der Waals surface area (Å²) in [5.41, 5.74) is 9.62. The van der Waals surface area contributed by atoms with Gasteiger partial charge >= 0.3 is 0 Å². The van der Waals surface area contributed by atoms with Gasteiger partial charge in [0.15, 0.2) is 0 Å². The van der Waals surface area contributed by atoms with E-state index in [4.69, 9.17) is 5.73 Å². The highest BCUT2D eigenvalue weighted by atomic mass is 14.7. The molecular weight excluding hydrogens is 230 g/mol. The van der Waals surface area contributed by atoms with Crippen LogP contribution in [0.15, 0.2) is 24.3 Å². The Hall–Kier alpha value is -0.820. The quantitative estimate of drug-likeness (QED) is 0.852. The molecule has 0 aliphatic heterocycles. The lowest BCUT2D eigenvalue weighted by Gasteiger charge is -2.53. The van der Waals surface area contributed by atoms with Gasteiger partial charge in [-0.25, -0.2) is 0 Å². The molecule has 0 saturated heterocycles. The minimum absolute atomic E-state index is 0.244. The van der Waals surface area contributed by atoms with Gasteiger partial charge in [0, 0.05) is 12.0 Å². The van der Waals surface area contributed by atoms with Crippen molar-refractivity contribution in [3.8, 4) is 0 Å². The highest BCUT2D eigenvalue weighted by molar-refractivity contribution is 5.33. The van der Waals surface area contributed by atoms with Crippen molar-refractivity contribution in [2.45, 2.75) is 58.8 Å². The second-order valence-corrected chi connectivity index (χ2v) is 7.73. The van der Waals surface area contributed by atoms with Gasteiger partial charge in [-0.3, -0.25) is 0 Å². The molecule has 1 aliphatic rings. The molecule has 19 heavy (non-hydrogen) atoms. The van der Waals surface area contributed by atoms with Crippen molar-refractivity contribution in [3.63, 3.8) is 0 Å². The van der Waals surface area contributed by atoms with Crippen LogP contribution in [0.4, 0.5) is 0 Å². The summed E-state index contributed by atoms with van der Waals surface area (Å²) in [5.74, 6) is 1.41. The summed E-state index contributed by atoms with van der Waals surface area (Å²) in [6, 6.07) is 9.17. The van der Waals surface area contributed by atoms with Crippen LogP contribution in [0.5, 0.6) is 0 Å². The summed E-state index contributed by atoms with van der Waals surface area (Å²) in [4.78, 5) is 0. The van der Waals surface area contributed by atoms with E-state index in [2.05, 4.69) is 58.9 Å². The molecule has 1 aliphatic carbocycles. The Morgan fingerprint density at radius 3 is 2.05 bits per heavy atom. The maximum Gasteiger partial charge on any atom is 0.00812 e. The molecule has 0 heterocycles. The van der Waals surface area contributed by atoms with E-state index in [-0.39, 0.29) is 5.41 Å². The van der Waals surface area contributed by atoms with Crippen LogP contribution in [0.2, 0.25) is 0 Å². The zero-order chi connectivity index (χ0) is 14.3. The fourth-order valence-corrected chi connectivity index (χ4v) is 3.24. The third-order valence-corrected chi connectivity index (χ3v) is 5.08. The standard InChI is InChI=1S/C18H29N/c1-13(2)14-6-8-15(9-7-14)18(12-19)10-16(11-18)17(3,4)5/h6-9,13,16H,10-12,19H2,1-5H3. The van der Waals surface area contributed by atoms with Gasteiger partial charge in [-0.2, -0.15) is 0 Å². The van der Waals surface area contributed by atoms with Crippen molar-refractivity contribution >= 4 is 0 Å². The number of rotatable bonds is 3. The van der Waals surface area contributed by atoms with Crippen LogP contribution in [-0.4, -0.2) is 6.54 Å². The molecule has 1 nitrogen and oxygen atoms in total. The van der Waals surface area contributed by atoms with E-state index in [1.807, 2.05) is 0 Å². The summed E-state index contributed by atoms with van der Waals surface area (Å²) in [6.45, 7) is 12.3. The van der Waals surface area contributed by atoms with Gasteiger partial charge < -0.3 is 5.73 Å². The van der Waals surface area contributed by atoms with Crippen molar-refractivity contribution in [2.24, 2.45) is 17.1 Å². The minimum atomic E-state index is 0.244. The summed E-state index contributed by atoms with van der Waals surface area (Å²) in [7, 11) is 0. The van der Waals surface area contributed by atoms with Gasteiger partial charge in [0.1, 0.15) is 0 Å². The second kappa shape index (κ2) is 4.94. The smallest absolute Gasteiger partial charge is 0.00812 e. The molecule has 1 fully saturated rings. The summed E-state index contributed by atoms with van der Waals surface area (Å²) in [6.07, 6.45) is 2.49. The topological polar surface area (TPSA) is 26.0 Å². The first kappa shape index (κ1) is 14.6. The van der Waals surface area contributed by atoms with Crippen molar-refractivity contribution in [2.75, 3.05) is 6.54 Å². The molecule has 0 radical (unpaired) electrons. The molecule has 0 aromatic heterocycles. The maximum atomic E-state index is 6.10. The molecule has 1 aromatic rings. The Kier molecular flexibility index (Phi) is 3.79. The summed E-state index contributed by atoms with van der Waals surface area (Å²) in [5, 5.41) is 0. The monoisotopic (exact) mass is 259 g/mol.